The summed E-state index contributed by atoms with van der Waals surface area (Å²) in [6, 6.07) is 17.0. The number of nitrogens with zero attached hydrogens (tertiary/aromatic N) is 2. The minimum atomic E-state index is -0.0846. The average molecular weight is 335 g/mol. The van der Waals surface area contributed by atoms with Crippen LogP contribution in [-0.4, -0.2) is 15.5 Å². The molecule has 3 rings (SSSR count). The number of benzene rings is 2. The number of rotatable bonds is 5. The van der Waals surface area contributed by atoms with E-state index in [1.165, 1.54) is 4.57 Å². The summed E-state index contributed by atoms with van der Waals surface area (Å²) in [5.74, 6) is 0.560. The van der Waals surface area contributed by atoms with Crippen LogP contribution < -0.4 is 10.9 Å². The summed E-state index contributed by atoms with van der Waals surface area (Å²) in [5, 5.41) is 3.58. The van der Waals surface area contributed by atoms with Gasteiger partial charge >= 0.3 is 0 Å². The second-order valence-corrected chi connectivity index (χ2v) is 6.11. The molecule has 0 unspecified atom stereocenters. The van der Waals surface area contributed by atoms with E-state index in [1.807, 2.05) is 55.5 Å². The van der Waals surface area contributed by atoms with Crippen LogP contribution in [0.4, 0.5) is 0 Å². The van der Waals surface area contributed by atoms with Gasteiger partial charge in [0.05, 0.1) is 16.9 Å². The normalized spacial score (nSPS) is 12.1. The lowest BCUT2D eigenvalue weighted by Crippen LogP contribution is -2.28. The zero-order chi connectivity index (χ0) is 17.8. The van der Waals surface area contributed by atoms with Gasteiger partial charge in [0, 0.05) is 19.9 Å². The second kappa shape index (κ2) is 7.30. The number of aromatic nitrogens is 2. The predicted molar refractivity (Wildman–Crippen MR) is 98.3 cm³/mol. The summed E-state index contributed by atoms with van der Waals surface area (Å²) >= 11 is 0. The van der Waals surface area contributed by atoms with Gasteiger partial charge in [0.25, 0.3) is 5.56 Å². The van der Waals surface area contributed by atoms with Crippen LogP contribution in [0.5, 0.6) is 0 Å². The maximum absolute atomic E-state index is 12.4. The lowest BCUT2D eigenvalue weighted by atomic mass is 10.1. The zero-order valence-electron chi connectivity index (χ0n) is 14.4. The van der Waals surface area contributed by atoms with Gasteiger partial charge in [-0.1, -0.05) is 42.5 Å². The molecule has 0 radical (unpaired) electrons. The Kier molecular flexibility index (Phi) is 4.93. The van der Waals surface area contributed by atoms with Crippen molar-refractivity contribution in [3.8, 4) is 0 Å². The first-order valence-electron chi connectivity index (χ1n) is 8.35. The second-order valence-electron chi connectivity index (χ2n) is 6.11. The van der Waals surface area contributed by atoms with Gasteiger partial charge in [-0.15, -0.1) is 0 Å². The smallest absolute Gasteiger partial charge is 0.261 e. The molecule has 1 N–H and O–H groups in total. The minimum absolute atomic E-state index is 0.0536. The predicted octanol–water partition coefficient (Wildman–Crippen LogP) is 2.74. The monoisotopic (exact) mass is 335 g/mol. The van der Waals surface area contributed by atoms with Crippen LogP contribution in [0.2, 0.25) is 0 Å². The van der Waals surface area contributed by atoms with Gasteiger partial charge < -0.3 is 5.32 Å². The molecule has 0 saturated carbocycles. The Balaban J connectivity index is 1.69. The van der Waals surface area contributed by atoms with Crippen LogP contribution in [0.1, 0.15) is 30.8 Å². The van der Waals surface area contributed by atoms with Gasteiger partial charge in [-0.25, -0.2) is 4.98 Å². The van der Waals surface area contributed by atoms with Crippen LogP contribution in [0.15, 0.2) is 59.4 Å². The molecular formula is C20H21N3O2. The molecule has 128 valence electrons. The van der Waals surface area contributed by atoms with Crippen molar-refractivity contribution < 1.29 is 4.79 Å². The Morgan fingerprint density at radius 3 is 2.56 bits per heavy atom. The number of fused-ring (bicyclic) bond motifs is 1. The average Bonchev–Trinajstić information content (AvgIpc) is 2.64. The molecule has 0 aliphatic rings. The Labute approximate surface area is 146 Å². The van der Waals surface area contributed by atoms with E-state index in [2.05, 4.69) is 10.3 Å². The molecule has 5 nitrogen and oxygen atoms in total. The number of amides is 1. The van der Waals surface area contributed by atoms with Gasteiger partial charge in [0.1, 0.15) is 5.82 Å². The fraction of sp³-hybridized carbons (Fsp3) is 0.250. The minimum Gasteiger partial charge on any atom is -0.350 e. The highest BCUT2D eigenvalue weighted by molar-refractivity contribution is 5.78. The number of hydrogen-bond donors (Lipinski definition) is 1. The van der Waals surface area contributed by atoms with Crippen molar-refractivity contribution in [1.29, 1.82) is 0 Å². The first kappa shape index (κ1) is 16.9. The lowest BCUT2D eigenvalue weighted by molar-refractivity contribution is -0.121. The van der Waals surface area contributed by atoms with Crippen molar-refractivity contribution in [1.82, 2.24) is 14.9 Å². The first-order chi connectivity index (χ1) is 12.1. The molecule has 25 heavy (non-hydrogen) atoms. The van der Waals surface area contributed by atoms with E-state index in [4.69, 9.17) is 0 Å². The molecule has 0 aliphatic carbocycles. The van der Waals surface area contributed by atoms with Crippen LogP contribution in [0.25, 0.3) is 10.9 Å². The summed E-state index contributed by atoms with van der Waals surface area (Å²) in [6.07, 6.45) is 0.708. The number of carbonyl (C=O) groups is 1. The molecule has 0 bridgehead atoms. The Morgan fingerprint density at radius 2 is 1.80 bits per heavy atom. The summed E-state index contributed by atoms with van der Waals surface area (Å²) in [5.41, 5.74) is 1.64. The van der Waals surface area contributed by atoms with E-state index in [1.54, 1.807) is 13.1 Å². The third kappa shape index (κ3) is 3.76. The van der Waals surface area contributed by atoms with Crippen LogP contribution >= 0.6 is 0 Å². The maximum atomic E-state index is 12.4. The fourth-order valence-corrected chi connectivity index (χ4v) is 2.85. The number of carbonyl (C=O) groups excluding carboxylic acids is 1. The fourth-order valence-electron chi connectivity index (χ4n) is 2.85. The Bertz CT molecular complexity index is 948. The summed E-state index contributed by atoms with van der Waals surface area (Å²) in [4.78, 5) is 29.1. The third-order valence-corrected chi connectivity index (χ3v) is 4.33. The van der Waals surface area contributed by atoms with E-state index in [0.717, 1.165) is 5.56 Å². The van der Waals surface area contributed by atoms with Gasteiger partial charge in [-0.2, -0.15) is 0 Å². The van der Waals surface area contributed by atoms with E-state index in [9.17, 15) is 9.59 Å². The third-order valence-electron chi connectivity index (χ3n) is 4.33. The van der Waals surface area contributed by atoms with E-state index in [0.29, 0.717) is 23.1 Å². The summed E-state index contributed by atoms with van der Waals surface area (Å²) in [7, 11) is 1.70. The SMILES string of the molecule is C[C@@H](NC(=O)CCc1nc2ccccc2c(=O)n1C)c1ccccc1. The number of aryl methyl sites for hydroxylation is 1. The number of nitrogens with one attached hydrogen (secondary N) is 1. The number of para-hydroxylation sites is 1. The summed E-state index contributed by atoms with van der Waals surface area (Å²) in [6.45, 7) is 1.96. The lowest BCUT2D eigenvalue weighted by Gasteiger charge is -2.14. The van der Waals surface area contributed by atoms with Crippen LogP contribution in [0, 0.1) is 0 Å². The molecule has 5 heteroatoms. The topological polar surface area (TPSA) is 64.0 Å². The largest absolute Gasteiger partial charge is 0.350 e. The molecule has 0 spiro atoms. The molecule has 1 aromatic heterocycles. The van der Waals surface area contributed by atoms with Crippen molar-refractivity contribution in [3.63, 3.8) is 0 Å². The maximum Gasteiger partial charge on any atom is 0.261 e. The van der Waals surface area contributed by atoms with Crippen molar-refractivity contribution in [3.05, 3.63) is 76.3 Å². The van der Waals surface area contributed by atoms with Gasteiger partial charge in [0.15, 0.2) is 0 Å². The Hall–Kier alpha value is -2.95. The highest BCUT2D eigenvalue weighted by atomic mass is 16.1. The first-order valence-corrected chi connectivity index (χ1v) is 8.35. The van der Waals surface area contributed by atoms with Crippen molar-refractivity contribution in [2.75, 3.05) is 0 Å². The zero-order valence-corrected chi connectivity index (χ0v) is 14.4. The van der Waals surface area contributed by atoms with Crippen molar-refractivity contribution in [2.45, 2.75) is 25.8 Å². The molecule has 0 saturated heterocycles. The highest BCUT2D eigenvalue weighted by Gasteiger charge is 2.12. The van der Waals surface area contributed by atoms with Crippen molar-refractivity contribution in [2.24, 2.45) is 7.05 Å². The van der Waals surface area contributed by atoms with Crippen LogP contribution in [-0.2, 0) is 18.3 Å². The highest BCUT2D eigenvalue weighted by Crippen LogP contribution is 2.12. The van der Waals surface area contributed by atoms with E-state index in [-0.39, 0.29) is 23.9 Å². The van der Waals surface area contributed by atoms with Gasteiger partial charge in [-0.05, 0) is 24.6 Å². The quantitative estimate of drug-likeness (QED) is 0.780. The van der Waals surface area contributed by atoms with Gasteiger partial charge in [-0.3, -0.25) is 14.2 Å². The molecule has 1 atom stereocenters. The van der Waals surface area contributed by atoms with E-state index < -0.39 is 0 Å². The Morgan fingerprint density at radius 1 is 1.12 bits per heavy atom. The van der Waals surface area contributed by atoms with E-state index >= 15 is 0 Å². The van der Waals surface area contributed by atoms with Crippen molar-refractivity contribution >= 4 is 16.8 Å². The molecule has 1 heterocycles. The molecule has 2 aromatic carbocycles. The molecule has 0 aliphatic heterocycles. The summed E-state index contributed by atoms with van der Waals surface area (Å²) < 4.78 is 1.52. The number of hydrogen-bond acceptors (Lipinski definition) is 3. The molecular weight excluding hydrogens is 314 g/mol. The molecule has 3 aromatic rings. The molecule has 1 amide bonds. The standard InChI is InChI=1S/C20H21N3O2/c1-14(15-8-4-3-5-9-15)21-19(24)13-12-18-22-17-11-7-6-10-16(17)20(25)23(18)2/h3-11,14H,12-13H2,1-2H3,(H,21,24)/t14-/m1/s1. The van der Waals surface area contributed by atoms with Gasteiger partial charge in [0.2, 0.25) is 5.91 Å². The molecule has 0 fully saturated rings. The van der Waals surface area contributed by atoms with Crippen LogP contribution in [0.3, 0.4) is 0 Å².